The van der Waals surface area contributed by atoms with Crippen LogP contribution in [0.3, 0.4) is 0 Å². The first kappa shape index (κ1) is 21.0. The van der Waals surface area contributed by atoms with Crippen LogP contribution in [-0.2, 0) is 17.9 Å². The Labute approximate surface area is 177 Å². The molecular weight excluding hydrogens is 408 g/mol. The predicted molar refractivity (Wildman–Crippen MR) is 114 cm³/mol. The molecule has 3 rings (SSSR count). The number of thioether (sulfide) groups is 1. The van der Waals surface area contributed by atoms with Crippen LogP contribution in [0.5, 0.6) is 0 Å². The first-order chi connectivity index (χ1) is 14.0. The van der Waals surface area contributed by atoms with Gasteiger partial charge in [-0.2, -0.15) is 0 Å². The average Bonchev–Trinajstić information content (AvgIpc) is 3.35. The summed E-state index contributed by atoms with van der Waals surface area (Å²) >= 11 is 2.69. The van der Waals surface area contributed by atoms with Gasteiger partial charge in [-0.25, -0.2) is 4.98 Å². The van der Waals surface area contributed by atoms with Crippen molar-refractivity contribution < 1.29 is 9.59 Å². The number of anilines is 1. The quantitative estimate of drug-likeness (QED) is 0.533. The molecule has 0 aliphatic carbocycles. The number of nitrogens with one attached hydrogen (secondary N) is 2. The summed E-state index contributed by atoms with van der Waals surface area (Å²) in [6, 6.07) is 7.41. The molecule has 2 aromatic heterocycles. The Kier molecular flexibility index (Phi) is 6.99. The van der Waals surface area contributed by atoms with E-state index in [9.17, 15) is 9.59 Å². The van der Waals surface area contributed by atoms with Gasteiger partial charge in [-0.05, 0) is 32.9 Å². The average molecular weight is 431 g/mol. The highest BCUT2D eigenvalue weighted by Crippen LogP contribution is 2.24. The van der Waals surface area contributed by atoms with Crippen molar-refractivity contribution in [2.45, 2.75) is 44.3 Å². The molecule has 29 heavy (non-hydrogen) atoms. The second kappa shape index (κ2) is 9.66. The van der Waals surface area contributed by atoms with Crippen LogP contribution in [0.15, 0.2) is 41.0 Å². The fourth-order valence-electron chi connectivity index (χ4n) is 2.61. The molecule has 2 N–H and O–H groups in total. The highest BCUT2D eigenvalue weighted by atomic mass is 32.2. The van der Waals surface area contributed by atoms with E-state index in [4.69, 9.17) is 0 Å². The summed E-state index contributed by atoms with van der Waals surface area (Å²) in [5.74, 6) is 0.332. The predicted octanol–water partition coefficient (Wildman–Crippen LogP) is 3.11. The van der Waals surface area contributed by atoms with Crippen LogP contribution in [0.1, 0.15) is 35.6 Å². The maximum atomic E-state index is 12.4. The maximum Gasteiger partial charge on any atom is 0.251 e. The number of carbonyl (C=O) groups is 2. The van der Waals surface area contributed by atoms with Gasteiger partial charge in [-0.15, -0.1) is 21.5 Å². The first-order valence-electron chi connectivity index (χ1n) is 9.12. The molecule has 0 spiro atoms. The molecule has 0 saturated heterocycles. The molecule has 2 amide bonds. The second-order valence-electron chi connectivity index (χ2n) is 6.28. The van der Waals surface area contributed by atoms with E-state index in [0.717, 1.165) is 5.56 Å². The summed E-state index contributed by atoms with van der Waals surface area (Å²) in [5, 5.41) is 16.7. The number of aryl methyl sites for hydroxylation is 1. The number of thiazole rings is 1. The van der Waals surface area contributed by atoms with Crippen LogP contribution < -0.4 is 10.6 Å². The Hall–Kier alpha value is -2.72. The minimum Gasteiger partial charge on any atom is -0.345 e. The number of amides is 2. The van der Waals surface area contributed by atoms with Gasteiger partial charge in [0.25, 0.3) is 5.91 Å². The van der Waals surface area contributed by atoms with Crippen LogP contribution in [0.2, 0.25) is 0 Å². The molecular formula is C19H22N6O2S2. The molecule has 0 aliphatic rings. The smallest absolute Gasteiger partial charge is 0.251 e. The largest absolute Gasteiger partial charge is 0.345 e. The number of nitrogens with zero attached hydrogens (tertiary/aromatic N) is 4. The topological polar surface area (TPSA) is 102 Å². The molecule has 0 unspecified atom stereocenters. The third-order valence-electron chi connectivity index (χ3n) is 4.11. The number of aromatic nitrogens is 4. The molecule has 1 atom stereocenters. The zero-order chi connectivity index (χ0) is 20.8. The molecule has 0 fully saturated rings. The SMILES string of the molecule is CCn1c(CNC(=O)c2cccc(C)c2)nnc1S[C@@H](C)C(=O)Nc1nccs1. The van der Waals surface area contributed by atoms with Gasteiger partial charge in [0.2, 0.25) is 5.91 Å². The Morgan fingerprint density at radius 1 is 1.31 bits per heavy atom. The summed E-state index contributed by atoms with van der Waals surface area (Å²) in [5.41, 5.74) is 1.63. The van der Waals surface area contributed by atoms with Crippen LogP contribution in [0, 0.1) is 6.92 Å². The number of hydrogen-bond donors (Lipinski definition) is 2. The molecule has 2 heterocycles. The van der Waals surface area contributed by atoms with Crippen molar-refractivity contribution in [1.82, 2.24) is 25.1 Å². The Morgan fingerprint density at radius 3 is 2.83 bits per heavy atom. The highest BCUT2D eigenvalue weighted by Gasteiger charge is 2.20. The van der Waals surface area contributed by atoms with E-state index in [1.54, 1.807) is 17.6 Å². The normalized spacial score (nSPS) is 11.8. The molecule has 8 nitrogen and oxygen atoms in total. The maximum absolute atomic E-state index is 12.4. The number of hydrogen-bond acceptors (Lipinski definition) is 7. The van der Waals surface area contributed by atoms with Gasteiger partial charge in [0.1, 0.15) is 0 Å². The lowest BCUT2D eigenvalue weighted by atomic mass is 10.1. The molecule has 1 aromatic carbocycles. The van der Waals surface area contributed by atoms with E-state index < -0.39 is 0 Å². The van der Waals surface area contributed by atoms with E-state index in [1.165, 1.54) is 23.1 Å². The van der Waals surface area contributed by atoms with Crippen LogP contribution in [0.4, 0.5) is 5.13 Å². The summed E-state index contributed by atoms with van der Waals surface area (Å²) in [6.07, 6.45) is 1.64. The van der Waals surface area contributed by atoms with Crippen molar-refractivity contribution in [2.24, 2.45) is 0 Å². The second-order valence-corrected chi connectivity index (χ2v) is 8.48. The van der Waals surface area contributed by atoms with Crippen molar-refractivity contribution in [2.75, 3.05) is 5.32 Å². The van der Waals surface area contributed by atoms with E-state index >= 15 is 0 Å². The minimum atomic E-state index is -0.372. The van der Waals surface area contributed by atoms with Crippen LogP contribution >= 0.6 is 23.1 Å². The lowest BCUT2D eigenvalue weighted by Crippen LogP contribution is -2.25. The summed E-state index contributed by atoms with van der Waals surface area (Å²) in [6.45, 7) is 6.61. The monoisotopic (exact) mass is 430 g/mol. The first-order valence-corrected chi connectivity index (χ1v) is 10.9. The van der Waals surface area contributed by atoms with Crippen molar-refractivity contribution >= 4 is 40.0 Å². The van der Waals surface area contributed by atoms with E-state index in [2.05, 4.69) is 25.8 Å². The number of carbonyl (C=O) groups excluding carboxylic acids is 2. The Morgan fingerprint density at radius 2 is 2.14 bits per heavy atom. The minimum absolute atomic E-state index is 0.148. The number of rotatable bonds is 8. The van der Waals surface area contributed by atoms with Gasteiger partial charge in [-0.1, -0.05) is 29.5 Å². The Balaban J connectivity index is 1.62. The lowest BCUT2D eigenvalue weighted by Gasteiger charge is -2.12. The zero-order valence-electron chi connectivity index (χ0n) is 16.4. The standard InChI is InChI=1S/C19H22N6O2S2/c1-4-25-15(11-21-17(27)14-7-5-6-12(2)10-14)23-24-19(25)29-13(3)16(26)22-18-20-8-9-28-18/h5-10,13H,4,11H2,1-3H3,(H,21,27)(H,20,22,26)/t13-/m0/s1. The van der Waals surface area contributed by atoms with Crippen molar-refractivity contribution in [3.8, 4) is 0 Å². The van der Waals surface area contributed by atoms with E-state index in [-0.39, 0.29) is 23.6 Å². The van der Waals surface area contributed by atoms with Gasteiger partial charge in [0.05, 0.1) is 11.8 Å². The van der Waals surface area contributed by atoms with Gasteiger partial charge in [-0.3, -0.25) is 9.59 Å². The van der Waals surface area contributed by atoms with Crippen LogP contribution in [0.25, 0.3) is 0 Å². The third-order valence-corrected chi connectivity index (χ3v) is 5.88. The molecule has 10 heteroatoms. The van der Waals surface area contributed by atoms with Gasteiger partial charge in [0, 0.05) is 23.7 Å². The van der Waals surface area contributed by atoms with Gasteiger partial charge >= 0.3 is 0 Å². The highest BCUT2D eigenvalue weighted by molar-refractivity contribution is 8.00. The van der Waals surface area contributed by atoms with Crippen molar-refractivity contribution in [3.63, 3.8) is 0 Å². The van der Waals surface area contributed by atoms with Crippen molar-refractivity contribution in [3.05, 3.63) is 52.8 Å². The molecule has 0 aliphatic heterocycles. The van der Waals surface area contributed by atoms with Gasteiger partial charge < -0.3 is 15.2 Å². The number of benzene rings is 1. The molecule has 0 bridgehead atoms. The lowest BCUT2D eigenvalue weighted by molar-refractivity contribution is -0.115. The molecule has 152 valence electrons. The molecule has 3 aromatic rings. The van der Waals surface area contributed by atoms with Crippen LogP contribution in [-0.4, -0.2) is 36.8 Å². The fourth-order valence-corrected chi connectivity index (χ4v) is 4.07. The summed E-state index contributed by atoms with van der Waals surface area (Å²) < 4.78 is 1.90. The molecule has 0 saturated carbocycles. The van der Waals surface area contributed by atoms with E-state index in [0.29, 0.717) is 28.2 Å². The Bertz CT molecular complexity index is 987. The van der Waals surface area contributed by atoms with Gasteiger partial charge in [0.15, 0.2) is 16.1 Å². The molecule has 0 radical (unpaired) electrons. The summed E-state index contributed by atoms with van der Waals surface area (Å²) in [4.78, 5) is 28.8. The van der Waals surface area contributed by atoms with Crippen molar-refractivity contribution in [1.29, 1.82) is 0 Å². The summed E-state index contributed by atoms with van der Waals surface area (Å²) in [7, 11) is 0. The fraction of sp³-hybridized carbons (Fsp3) is 0.316. The van der Waals surface area contributed by atoms with E-state index in [1.807, 2.05) is 43.5 Å². The third kappa shape index (κ3) is 5.42. The zero-order valence-corrected chi connectivity index (χ0v) is 18.0.